The molecule has 0 spiro atoms. The summed E-state index contributed by atoms with van der Waals surface area (Å²) in [6.07, 6.45) is 0.821. The van der Waals surface area contributed by atoms with E-state index >= 15 is 0 Å². The van der Waals surface area contributed by atoms with Crippen LogP contribution in [-0.4, -0.2) is 33.0 Å². The molecule has 1 atom stereocenters. The lowest BCUT2D eigenvalue weighted by molar-refractivity contribution is 0.557. The fourth-order valence-electron chi connectivity index (χ4n) is 2.20. The zero-order chi connectivity index (χ0) is 14.8. The van der Waals surface area contributed by atoms with E-state index in [1.54, 1.807) is 24.9 Å². The SMILES string of the molecule is CNCc1cc(F)c(C)c(S(=O)(=O)NC2CCSC2)c1. The van der Waals surface area contributed by atoms with Gasteiger partial charge in [0.05, 0.1) is 4.90 Å². The minimum absolute atomic E-state index is 0.0413. The molecule has 4 nitrogen and oxygen atoms in total. The molecule has 0 radical (unpaired) electrons. The Morgan fingerprint density at radius 2 is 2.20 bits per heavy atom. The summed E-state index contributed by atoms with van der Waals surface area (Å²) in [5.74, 6) is 1.25. The van der Waals surface area contributed by atoms with Crippen molar-refractivity contribution >= 4 is 21.8 Å². The molecule has 0 bridgehead atoms. The Morgan fingerprint density at radius 3 is 2.80 bits per heavy atom. The van der Waals surface area contributed by atoms with Crippen LogP contribution >= 0.6 is 11.8 Å². The van der Waals surface area contributed by atoms with Crippen LogP contribution in [0.5, 0.6) is 0 Å². The predicted molar refractivity (Wildman–Crippen MR) is 80.0 cm³/mol. The van der Waals surface area contributed by atoms with Crippen LogP contribution in [0.4, 0.5) is 4.39 Å². The van der Waals surface area contributed by atoms with Crippen LogP contribution in [0, 0.1) is 12.7 Å². The fraction of sp³-hybridized carbons (Fsp3) is 0.538. The van der Waals surface area contributed by atoms with Gasteiger partial charge in [0.15, 0.2) is 0 Å². The topological polar surface area (TPSA) is 58.2 Å². The van der Waals surface area contributed by atoms with Gasteiger partial charge in [0.25, 0.3) is 0 Å². The molecule has 1 heterocycles. The molecule has 2 N–H and O–H groups in total. The Labute approximate surface area is 123 Å². The molecular weight excluding hydrogens is 299 g/mol. The van der Waals surface area contributed by atoms with Gasteiger partial charge in [-0.1, -0.05) is 0 Å². The van der Waals surface area contributed by atoms with E-state index in [1.165, 1.54) is 13.0 Å². The average molecular weight is 318 g/mol. The van der Waals surface area contributed by atoms with Crippen LogP contribution in [0.1, 0.15) is 17.5 Å². The number of halogens is 1. The predicted octanol–water partition coefficient (Wildman–Crippen LogP) is 1.64. The van der Waals surface area contributed by atoms with E-state index in [0.717, 1.165) is 17.9 Å². The van der Waals surface area contributed by atoms with E-state index in [9.17, 15) is 12.8 Å². The minimum Gasteiger partial charge on any atom is -0.316 e. The van der Waals surface area contributed by atoms with Gasteiger partial charge in [-0.15, -0.1) is 0 Å². The lowest BCUT2D eigenvalue weighted by Gasteiger charge is -2.15. The first-order valence-corrected chi connectivity index (χ1v) is 9.11. The van der Waals surface area contributed by atoms with Crippen molar-refractivity contribution in [3.05, 3.63) is 29.1 Å². The van der Waals surface area contributed by atoms with Crippen LogP contribution in [0.25, 0.3) is 0 Å². The van der Waals surface area contributed by atoms with Gasteiger partial charge in [0, 0.05) is 23.9 Å². The van der Waals surface area contributed by atoms with Crippen molar-refractivity contribution in [2.75, 3.05) is 18.6 Å². The minimum atomic E-state index is -3.67. The first kappa shape index (κ1) is 15.8. The molecule has 1 saturated heterocycles. The maximum atomic E-state index is 13.9. The third kappa shape index (κ3) is 3.52. The molecule has 1 unspecified atom stereocenters. The Balaban J connectivity index is 2.33. The number of hydrogen-bond donors (Lipinski definition) is 2. The number of benzene rings is 1. The summed E-state index contributed by atoms with van der Waals surface area (Å²) in [7, 11) is -1.93. The van der Waals surface area contributed by atoms with Gasteiger partial charge in [0.2, 0.25) is 10.0 Å². The van der Waals surface area contributed by atoms with Gasteiger partial charge >= 0.3 is 0 Å². The number of nitrogens with one attached hydrogen (secondary N) is 2. The summed E-state index contributed by atoms with van der Waals surface area (Å²) in [4.78, 5) is 0.0413. The normalized spacial score (nSPS) is 19.4. The zero-order valence-electron chi connectivity index (χ0n) is 11.6. The van der Waals surface area contributed by atoms with Crippen LogP contribution in [0.15, 0.2) is 17.0 Å². The average Bonchev–Trinajstić information content (AvgIpc) is 2.85. The van der Waals surface area contributed by atoms with Gasteiger partial charge in [-0.3, -0.25) is 0 Å². The molecule has 1 aliphatic heterocycles. The second-order valence-corrected chi connectivity index (χ2v) is 7.75. The van der Waals surface area contributed by atoms with E-state index in [2.05, 4.69) is 10.0 Å². The molecule has 0 aromatic heterocycles. The molecule has 20 heavy (non-hydrogen) atoms. The highest BCUT2D eigenvalue weighted by atomic mass is 32.2. The first-order chi connectivity index (χ1) is 9.44. The van der Waals surface area contributed by atoms with Gasteiger partial charge in [0.1, 0.15) is 5.82 Å². The van der Waals surface area contributed by atoms with Gasteiger partial charge < -0.3 is 5.32 Å². The van der Waals surface area contributed by atoms with Crippen molar-refractivity contribution in [3.63, 3.8) is 0 Å². The summed E-state index contributed by atoms with van der Waals surface area (Å²) in [6, 6.07) is 2.86. The van der Waals surface area contributed by atoms with Crippen LogP contribution < -0.4 is 10.0 Å². The second-order valence-electron chi connectivity index (χ2n) is 4.91. The van der Waals surface area contributed by atoms with Crippen molar-refractivity contribution in [2.45, 2.75) is 30.8 Å². The van der Waals surface area contributed by atoms with Crippen LogP contribution in [0.2, 0.25) is 0 Å². The van der Waals surface area contributed by atoms with Gasteiger partial charge in [-0.25, -0.2) is 17.5 Å². The lowest BCUT2D eigenvalue weighted by atomic mass is 10.1. The van der Waals surface area contributed by atoms with Gasteiger partial charge in [-0.2, -0.15) is 11.8 Å². The Morgan fingerprint density at radius 1 is 1.45 bits per heavy atom. The second kappa shape index (κ2) is 6.43. The highest BCUT2D eigenvalue weighted by molar-refractivity contribution is 7.99. The maximum Gasteiger partial charge on any atom is 0.241 e. The third-order valence-electron chi connectivity index (χ3n) is 3.28. The summed E-state index contributed by atoms with van der Waals surface area (Å²) < 4.78 is 41.4. The first-order valence-electron chi connectivity index (χ1n) is 6.47. The number of thioether (sulfide) groups is 1. The molecule has 7 heteroatoms. The van der Waals surface area contributed by atoms with Crippen molar-refractivity contribution in [1.29, 1.82) is 0 Å². The maximum absolute atomic E-state index is 13.9. The molecule has 1 aliphatic rings. The van der Waals surface area contributed by atoms with Crippen molar-refractivity contribution in [2.24, 2.45) is 0 Å². The van der Waals surface area contributed by atoms with Crippen LogP contribution in [-0.2, 0) is 16.6 Å². The number of hydrogen-bond acceptors (Lipinski definition) is 4. The third-order valence-corrected chi connectivity index (χ3v) is 6.09. The molecular formula is C13H19FN2O2S2. The van der Waals surface area contributed by atoms with Crippen molar-refractivity contribution in [3.8, 4) is 0 Å². The Hall–Kier alpha value is -0.630. The summed E-state index contributed by atoms with van der Waals surface area (Å²) in [5.41, 5.74) is 0.791. The molecule has 0 amide bonds. The smallest absolute Gasteiger partial charge is 0.241 e. The molecule has 1 aromatic rings. The summed E-state index contributed by atoms with van der Waals surface area (Å²) >= 11 is 1.73. The molecule has 1 fully saturated rings. The van der Waals surface area contributed by atoms with Gasteiger partial charge in [-0.05, 0) is 43.8 Å². The molecule has 112 valence electrons. The molecule has 1 aromatic carbocycles. The van der Waals surface area contributed by atoms with E-state index in [1.807, 2.05) is 0 Å². The monoisotopic (exact) mass is 318 g/mol. The molecule has 2 rings (SSSR count). The molecule has 0 aliphatic carbocycles. The quantitative estimate of drug-likeness (QED) is 0.866. The summed E-state index contributed by atoms with van der Waals surface area (Å²) in [6.45, 7) is 1.93. The standard InChI is InChI=1S/C13H19FN2O2S2/c1-9-12(14)5-10(7-15-2)6-13(9)20(17,18)16-11-3-4-19-8-11/h5-6,11,15-16H,3-4,7-8H2,1-2H3. The lowest BCUT2D eigenvalue weighted by Crippen LogP contribution is -2.35. The number of sulfonamides is 1. The summed E-state index contributed by atoms with van der Waals surface area (Å²) in [5, 5.41) is 2.90. The largest absolute Gasteiger partial charge is 0.316 e. The highest BCUT2D eigenvalue weighted by Crippen LogP contribution is 2.23. The zero-order valence-corrected chi connectivity index (χ0v) is 13.2. The van der Waals surface area contributed by atoms with E-state index < -0.39 is 15.8 Å². The Kier molecular flexibility index (Phi) is 5.06. The van der Waals surface area contributed by atoms with Crippen LogP contribution in [0.3, 0.4) is 0 Å². The van der Waals surface area contributed by atoms with Crippen molar-refractivity contribution < 1.29 is 12.8 Å². The van der Waals surface area contributed by atoms with E-state index in [-0.39, 0.29) is 16.5 Å². The number of rotatable bonds is 5. The van der Waals surface area contributed by atoms with E-state index in [0.29, 0.717) is 12.1 Å². The van der Waals surface area contributed by atoms with Crippen molar-refractivity contribution in [1.82, 2.24) is 10.0 Å². The Bertz CT molecular complexity index is 584. The fourth-order valence-corrected chi connectivity index (χ4v) is 5.03. The van der Waals surface area contributed by atoms with E-state index in [4.69, 9.17) is 0 Å². The highest BCUT2D eigenvalue weighted by Gasteiger charge is 2.25. The molecule has 0 saturated carbocycles.